The molecule has 0 aromatic heterocycles. The van der Waals surface area contributed by atoms with Crippen LogP contribution in [0.3, 0.4) is 0 Å². The van der Waals surface area contributed by atoms with Crippen LogP contribution in [0.1, 0.15) is 19.3 Å². The highest BCUT2D eigenvalue weighted by atomic mass is 16.3. The maximum atomic E-state index is 9.04. The molecule has 0 amide bonds. The van der Waals surface area contributed by atoms with Gasteiger partial charge >= 0.3 is 0 Å². The van der Waals surface area contributed by atoms with Crippen molar-refractivity contribution in [2.75, 3.05) is 0 Å². The van der Waals surface area contributed by atoms with Gasteiger partial charge in [0, 0.05) is 0 Å². The molecule has 2 aliphatic carbocycles. The van der Waals surface area contributed by atoms with Crippen molar-refractivity contribution >= 4 is 0 Å². The fourth-order valence-electron chi connectivity index (χ4n) is 1.67. The number of aliphatic hydroxyl groups excluding tert-OH is 1. The Hall–Kier alpha value is -0.0400. The Labute approximate surface area is 43.3 Å². The predicted molar refractivity (Wildman–Crippen MR) is 26.8 cm³/mol. The van der Waals surface area contributed by atoms with E-state index in [1.54, 1.807) is 0 Å². The lowest BCUT2D eigenvalue weighted by Crippen LogP contribution is -2.02. The van der Waals surface area contributed by atoms with E-state index >= 15 is 0 Å². The van der Waals surface area contributed by atoms with Gasteiger partial charge < -0.3 is 5.11 Å². The van der Waals surface area contributed by atoms with E-state index in [-0.39, 0.29) is 6.10 Å². The Bertz CT molecular complexity index is 90.2. The molecule has 40 valence electrons. The van der Waals surface area contributed by atoms with E-state index in [0.29, 0.717) is 0 Å². The monoisotopic (exact) mass is 98.1 g/mol. The van der Waals surface area contributed by atoms with Crippen LogP contribution in [0, 0.1) is 11.8 Å². The van der Waals surface area contributed by atoms with Gasteiger partial charge in [0.2, 0.25) is 0 Å². The SMILES string of the molecule is O[C@@H]1CC[C@@H]2C[C@H]21. The van der Waals surface area contributed by atoms with E-state index in [0.717, 1.165) is 18.3 Å². The van der Waals surface area contributed by atoms with Gasteiger partial charge in [-0.2, -0.15) is 0 Å². The first-order valence-electron chi connectivity index (χ1n) is 3.06. The fraction of sp³-hybridized carbons (Fsp3) is 1.00. The van der Waals surface area contributed by atoms with E-state index in [1.165, 1.54) is 12.8 Å². The van der Waals surface area contributed by atoms with Crippen molar-refractivity contribution in [2.24, 2.45) is 11.8 Å². The zero-order valence-corrected chi connectivity index (χ0v) is 4.30. The number of hydrogen-bond acceptors (Lipinski definition) is 1. The highest BCUT2D eigenvalue weighted by molar-refractivity contribution is 4.97. The minimum absolute atomic E-state index is 0.0880. The van der Waals surface area contributed by atoms with E-state index < -0.39 is 0 Å². The van der Waals surface area contributed by atoms with E-state index in [2.05, 4.69) is 0 Å². The van der Waals surface area contributed by atoms with Gasteiger partial charge in [0.25, 0.3) is 0 Å². The number of aliphatic hydroxyl groups is 1. The van der Waals surface area contributed by atoms with Crippen molar-refractivity contribution in [3.63, 3.8) is 0 Å². The average molecular weight is 98.1 g/mol. The Morgan fingerprint density at radius 2 is 2.14 bits per heavy atom. The largest absolute Gasteiger partial charge is 0.393 e. The summed E-state index contributed by atoms with van der Waals surface area (Å²) in [5.74, 6) is 1.68. The maximum Gasteiger partial charge on any atom is 0.0571 e. The summed E-state index contributed by atoms with van der Waals surface area (Å²) in [6, 6.07) is 0. The first-order chi connectivity index (χ1) is 3.38. The molecule has 1 heteroatoms. The summed E-state index contributed by atoms with van der Waals surface area (Å²) < 4.78 is 0. The number of fused-ring (bicyclic) bond motifs is 1. The first-order valence-corrected chi connectivity index (χ1v) is 3.06. The molecule has 0 bridgehead atoms. The van der Waals surface area contributed by atoms with Crippen molar-refractivity contribution in [3.05, 3.63) is 0 Å². The fourth-order valence-corrected chi connectivity index (χ4v) is 1.67. The predicted octanol–water partition coefficient (Wildman–Crippen LogP) is 0.777. The molecule has 0 aliphatic heterocycles. The van der Waals surface area contributed by atoms with Crippen molar-refractivity contribution in [1.82, 2.24) is 0 Å². The second-order valence-electron chi connectivity index (χ2n) is 2.80. The van der Waals surface area contributed by atoms with Gasteiger partial charge in [0.05, 0.1) is 6.10 Å². The topological polar surface area (TPSA) is 20.2 Å². The molecule has 1 N–H and O–H groups in total. The summed E-state index contributed by atoms with van der Waals surface area (Å²) in [6.07, 6.45) is 3.78. The first kappa shape index (κ1) is 3.90. The Morgan fingerprint density at radius 3 is 2.29 bits per heavy atom. The molecule has 0 heterocycles. The molecule has 3 atom stereocenters. The van der Waals surface area contributed by atoms with Gasteiger partial charge in [-0.25, -0.2) is 0 Å². The molecule has 0 spiro atoms. The van der Waals surface area contributed by atoms with Gasteiger partial charge in [0.15, 0.2) is 0 Å². The lowest BCUT2D eigenvalue weighted by atomic mass is 10.2. The Kier molecular flexibility index (Phi) is 0.571. The van der Waals surface area contributed by atoms with E-state index in [9.17, 15) is 0 Å². The quantitative estimate of drug-likeness (QED) is 0.474. The summed E-state index contributed by atoms with van der Waals surface area (Å²) in [5.41, 5.74) is 0. The smallest absolute Gasteiger partial charge is 0.0571 e. The van der Waals surface area contributed by atoms with E-state index in [1.807, 2.05) is 0 Å². The molecule has 2 fully saturated rings. The van der Waals surface area contributed by atoms with Gasteiger partial charge in [0.1, 0.15) is 0 Å². The van der Waals surface area contributed by atoms with Crippen LogP contribution in [0.2, 0.25) is 0 Å². The third-order valence-corrected chi connectivity index (χ3v) is 2.30. The van der Waals surface area contributed by atoms with Crippen molar-refractivity contribution in [1.29, 1.82) is 0 Å². The van der Waals surface area contributed by atoms with Gasteiger partial charge in [-0.3, -0.25) is 0 Å². The number of hydrogen-bond donors (Lipinski definition) is 1. The van der Waals surface area contributed by atoms with Gasteiger partial charge in [-0.05, 0) is 31.1 Å². The summed E-state index contributed by atoms with van der Waals surface area (Å²) in [5, 5.41) is 9.04. The lowest BCUT2D eigenvalue weighted by molar-refractivity contribution is 0.159. The third-order valence-electron chi connectivity index (χ3n) is 2.30. The van der Waals surface area contributed by atoms with Crippen LogP contribution in [-0.4, -0.2) is 11.2 Å². The second-order valence-corrected chi connectivity index (χ2v) is 2.80. The summed E-state index contributed by atoms with van der Waals surface area (Å²) in [4.78, 5) is 0. The molecular formula is C6H10O. The molecule has 2 rings (SSSR count). The molecular weight excluding hydrogens is 88.1 g/mol. The Morgan fingerprint density at radius 1 is 1.29 bits per heavy atom. The minimum Gasteiger partial charge on any atom is -0.393 e. The number of rotatable bonds is 0. The van der Waals surface area contributed by atoms with Crippen LogP contribution in [0.25, 0.3) is 0 Å². The van der Waals surface area contributed by atoms with Gasteiger partial charge in [-0.15, -0.1) is 0 Å². The van der Waals surface area contributed by atoms with Crippen molar-refractivity contribution < 1.29 is 5.11 Å². The molecule has 7 heavy (non-hydrogen) atoms. The molecule has 2 aliphatic rings. The summed E-state index contributed by atoms with van der Waals surface area (Å²) >= 11 is 0. The lowest BCUT2D eigenvalue weighted by Gasteiger charge is -1.97. The van der Waals surface area contributed by atoms with Crippen molar-refractivity contribution in [2.45, 2.75) is 25.4 Å². The van der Waals surface area contributed by atoms with Crippen LogP contribution < -0.4 is 0 Å². The van der Waals surface area contributed by atoms with Crippen LogP contribution in [-0.2, 0) is 0 Å². The van der Waals surface area contributed by atoms with Crippen molar-refractivity contribution in [3.8, 4) is 0 Å². The van der Waals surface area contributed by atoms with Gasteiger partial charge in [-0.1, -0.05) is 0 Å². The summed E-state index contributed by atoms with van der Waals surface area (Å²) in [7, 11) is 0. The zero-order valence-electron chi connectivity index (χ0n) is 4.30. The molecule has 2 saturated carbocycles. The molecule has 0 aromatic carbocycles. The van der Waals surface area contributed by atoms with Crippen LogP contribution >= 0.6 is 0 Å². The molecule has 1 nitrogen and oxygen atoms in total. The highest BCUT2D eigenvalue weighted by Gasteiger charge is 2.47. The van der Waals surface area contributed by atoms with Crippen LogP contribution in [0.4, 0.5) is 0 Å². The normalized spacial score (nSPS) is 57.0. The zero-order chi connectivity index (χ0) is 4.85. The third kappa shape index (κ3) is 0.418. The molecule has 0 saturated heterocycles. The van der Waals surface area contributed by atoms with Crippen LogP contribution in [0.15, 0.2) is 0 Å². The van der Waals surface area contributed by atoms with Crippen LogP contribution in [0.5, 0.6) is 0 Å². The Balaban J connectivity index is 2.08. The standard InChI is InChI=1S/C6H10O/c7-6-2-1-4-3-5(4)6/h4-7H,1-3H2/t4-,5-,6-/m1/s1. The maximum absolute atomic E-state index is 9.04. The van der Waals surface area contributed by atoms with E-state index in [4.69, 9.17) is 5.11 Å². The minimum atomic E-state index is 0.0880. The molecule has 0 aromatic rings. The molecule has 0 radical (unpaired) electrons. The average Bonchev–Trinajstić information content (AvgIpc) is 2.33. The molecule has 0 unspecified atom stereocenters. The summed E-state index contributed by atoms with van der Waals surface area (Å²) in [6.45, 7) is 0. The highest BCUT2D eigenvalue weighted by Crippen LogP contribution is 2.51. The second kappa shape index (κ2) is 1.03.